The monoisotopic (exact) mass is 257 g/mol. The summed E-state index contributed by atoms with van der Waals surface area (Å²) in [5.41, 5.74) is 1.61. The second-order valence-corrected chi connectivity index (χ2v) is 5.34. The van der Waals surface area contributed by atoms with Crippen LogP contribution >= 0.6 is 0 Å². The summed E-state index contributed by atoms with van der Waals surface area (Å²) in [6.45, 7) is 0. The Balaban J connectivity index is 1.90. The highest BCUT2D eigenvalue weighted by molar-refractivity contribution is 5.87. The molecule has 1 aliphatic rings. The number of hydrogen-bond acceptors (Lipinski definition) is 2. The van der Waals surface area contributed by atoms with Crippen molar-refractivity contribution < 1.29 is 9.90 Å². The molecule has 1 fully saturated rings. The Labute approximate surface area is 113 Å². The Bertz CT molecular complexity index is 465. The summed E-state index contributed by atoms with van der Waals surface area (Å²) >= 11 is 0. The standard InChI is InChI=1S/C16H19NO2/c17-11-1-2-12-3-5-13(6-4-12)14-7-9-15(10-8-14)16(18)19/h7-10,12-13H,1-6H2,(H,18,19). The van der Waals surface area contributed by atoms with Crippen LogP contribution in [0.25, 0.3) is 0 Å². The predicted octanol–water partition coefficient (Wildman–Crippen LogP) is 3.96. The molecule has 0 atom stereocenters. The molecule has 0 aromatic heterocycles. The first-order valence-corrected chi connectivity index (χ1v) is 6.91. The van der Waals surface area contributed by atoms with Gasteiger partial charge in [-0.1, -0.05) is 12.1 Å². The van der Waals surface area contributed by atoms with Gasteiger partial charge in [-0.15, -0.1) is 0 Å². The minimum absolute atomic E-state index is 0.353. The molecule has 1 saturated carbocycles. The first-order valence-electron chi connectivity index (χ1n) is 6.91. The molecule has 0 aliphatic heterocycles. The van der Waals surface area contributed by atoms with E-state index in [4.69, 9.17) is 10.4 Å². The third kappa shape index (κ3) is 3.57. The van der Waals surface area contributed by atoms with Gasteiger partial charge in [0.05, 0.1) is 11.6 Å². The summed E-state index contributed by atoms with van der Waals surface area (Å²) in [4.78, 5) is 10.8. The van der Waals surface area contributed by atoms with E-state index in [9.17, 15) is 4.79 Å². The van der Waals surface area contributed by atoms with E-state index in [-0.39, 0.29) is 0 Å². The van der Waals surface area contributed by atoms with E-state index in [2.05, 4.69) is 6.07 Å². The lowest BCUT2D eigenvalue weighted by Gasteiger charge is -2.28. The molecular formula is C16H19NO2. The fourth-order valence-corrected chi connectivity index (χ4v) is 2.95. The SMILES string of the molecule is N#CCCC1CCC(c2ccc(C(=O)O)cc2)CC1. The van der Waals surface area contributed by atoms with Gasteiger partial charge in [0.25, 0.3) is 0 Å². The zero-order valence-electron chi connectivity index (χ0n) is 11.0. The van der Waals surface area contributed by atoms with Gasteiger partial charge in [0, 0.05) is 6.42 Å². The predicted molar refractivity (Wildman–Crippen MR) is 72.9 cm³/mol. The number of nitrogens with zero attached hydrogens (tertiary/aromatic N) is 1. The van der Waals surface area contributed by atoms with Crippen molar-refractivity contribution in [3.05, 3.63) is 35.4 Å². The lowest BCUT2D eigenvalue weighted by molar-refractivity contribution is 0.0697. The van der Waals surface area contributed by atoms with Crippen molar-refractivity contribution in [2.75, 3.05) is 0 Å². The van der Waals surface area contributed by atoms with Gasteiger partial charge in [-0.05, 0) is 61.6 Å². The second kappa shape index (κ2) is 6.38. The number of carboxylic acid groups (broad SMARTS) is 1. The van der Waals surface area contributed by atoms with Gasteiger partial charge in [-0.2, -0.15) is 5.26 Å². The van der Waals surface area contributed by atoms with Gasteiger partial charge in [0.1, 0.15) is 0 Å². The normalized spacial score (nSPS) is 22.7. The molecule has 0 spiro atoms. The molecule has 1 N–H and O–H groups in total. The van der Waals surface area contributed by atoms with Gasteiger partial charge in [0.15, 0.2) is 0 Å². The molecule has 1 aromatic carbocycles. The van der Waals surface area contributed by atoms with E-state index in [1.165, 1.54) is 18.4 Å². The van der Waals surface area contributed by atoms with Crippen molar-refractivity contribution in [2.24, 2.45) is 5.92 Å². The minimum Gasteiger partial charge on any atom is -0.478 e. The number of hydrogen-bond donors (Lipinski definition) is 1. The van der Waals surface area contributed by atoms with Gasteiger partial charge < -0.3 is 5.11 Å². The summed E-state index contributed by atoms with van der Waals surface area (Å²) in [5.74, 6) is 0.391. The number of rotatable bonds is 4. The zero-order chi connectivity index (χ0) is 13.7. The molecular weight excluding hydrogens is 238 g/mol. The summed E-state index contributed by atoms with van der Waals surface area (Å²) in [6, 6.07) is 9.50. The zero-order valence-corrected chi connectivity index (χ0v) is 11.0. The fourth-order valence-electron chi connectivity index (χ4n) is 2.95. The van der Waals surface area contributed by atoms with E-state index in [0.29, 0.717) is 23.8 Å². The van der Waals surface area contributed by atoms with Crippen LogP contribution in [0.3, 0.4) is 0 Å². The van der Waals surface area contributed by atoms with Gasteiger partial charge >= 0.3 is 5.97 Å². The third-order valence-electron chi connectivity index (χ3n) is 4.14. The first kappa shape index (κ1) is 13.6. The molecule has 0 heterocycles. The summed E-state index contributed by atoms with van der Waals surface area (Å²) in [7, 11) is 0. The van der Waals surface area contributed by atoms with Crippen molar-refractivity contribution in [2.45, 2.75) is 44.4 Å². The van der Waals surface area contributed by atoms with Crippen LogP contribution in [0.15, 0.2) is 24.3 Å². The molecule has 2 rings (SSSR count). The molecule has 100 valence electrons. The number of aromatic carboxylic acids is 1. The number of benzene rings is 1. The molecule has 0 bridgehead atoms. The highest BCUT2D eigenvalue weighted by Gasteiger charge is 2.22. The minimum atomic E-state index is -0.869. The van der Waals surface area contributed by atoms with Gasteiger partial charge in [0.2, 0.25) is 0 Å². The molecule has 0 radical (unpaired) electrons. The lowest BCUT2D eigenvalue weighted by Crippen LogP contribution is -2.13. The van der Waals surface area contributed by atoms with Crippen LogP contribution < -0.4 is 0 Å². The average Bonchev–Trinajstić information content (AvgIpc) is 2.46. The number of carbonyl (C=O) groups is 1. The van der Waals surface area contributed by atoms with Crippen LogP contribution in [0.5, 0.6) is 0 Å². The van der Waals surface area contributed by atoms with Crippen LogP contribution in [0.1, 0.15) is 60.4 Å². The molecule has 1 aliphatic carbocycles. The topological polar surface area (TPSA) is 61.1 Å². The number of nitriles is 1. The van der Waals surface area contributed by atoms with Crippen LogP contribution in [-0.4, -0.2) is 11.1 Å². The summed E-state index contributed by atoms with van der Waals surface area (Å²) < 4.78 is 0. The highest BCUT2D eigenvalue weighted by atomic mass is 16.4. The van der Waals surface area contributed by atoms with Crippen LogP contribution in [0.2, 0.25) is 0 Å². The van der Waals surface area contributed by atoms with Crippen LogP contribution in [0.4, 0.5) is 0 Å². The molecule has 1 aromatic rings. The quantitative estimate of drug-likeness (QED) is 0.888. The molecule has 19 heavy (non-hydrogen) atoms. The van der Waals surface area contributed by atoms with Crippen molar-refractivity contribution in [1.29, 1.82) is 5.26 Å². The maximum atomic E-state index is 10.8. The van der Waals surface area contributed by atoms with Crippen molar-refractivity contribution >= 4 is 5.97 Å². The van der Waals surface area contributed by atoms with Gasteiger partial charge in [-0.3, -0.25) is 0 Å². The Hall–Kier alpha value is -1.82. The van der Waals surface area contributed by atoms with Gasteiger partial charge in [-0.25, -0.2) is 4.79 Å². The van der Waals surface area contributed by atoms with E-state index in [1.807, 2.05) is 12.1 Å². The molecule has 0 amide bonds. The largest absolute Gasteiger partial charge is 0.478 e. The maximum absolute atomic E-state index is 10.8. The summed E-state index contributed by atoms with van der Waals surface area (Å²) in [6.07, 6.45) is 6.38. The Morgan fingerprint density at radius 3 is 2.37 bits per heavy atom. The average molecular weight is 257 g/mol. The molecule has 0 saturated heterocycles. The Morgan fingerprint density at radius 2 is 1.84 bits per heavy atom. The first-order chi connectivity index (χ1) is 9.20. The Kier molecular flexibility index (Phi) is 4.57. The fraction of sp³-hybridized carbons (Fsp3) is 0.500. The van der Waals surface area contributed by atoms with Crippen molar-refractivity contribution in [3.63, 3.8) is 0 Å². The number of carboxylic acids is 1. The smallest absolute Gasteiger partial charge is 0.335 e. The van der Waals surface area contributed by atoms with E-state index >= 15 is 0 Å². The van der Waals surface area contributed by atoms with E-state index in [1.54, 1.807) is 12.1 Å². The van der Waals surface area contributed by atoms with Crippen LogP contribution in [-0.2, 0) is 0 Å². The molecule has 3 heteroatoms. The lowest BCUT2D eigenvalue weighted by atomic mass is 9.77. The third-order valence-corrected chi connectivity index (χ3v) is 4.14. The second-order valence-electron chi connectivity index (χ2n) is 5.34. The van der Waals surface area contributed by atoms with E-state index in [0.717, 1.165) is 19.3 Å². The Morgan fingerprint density at radius 1 is 1.21 bits per heavy atom. The molecule has 3 nitrogen and oxygen atoms in total. The van der Waals surface area contributed by atoms with Crippen molar-refractivity contribution in [1.82, 2.24) is 0 Å². The van der Waals surface area contributed by atoms with Crippen molar-refractivity contribution in [3.8, 4) is 6.07 Å². The highest BCUT2D eigenvalue weighted by Crippen LogP contribution is 2.37. The molecule has 0 unspecified atom stereocenters. The summed E-state index contributed by atoms with van der Waals surface area (Å²) in [5, 5.41) is 17.5. The maximum Gasteiger partial charge on any atom is 0.335 e. The van der Waals surface area contributed by atoms with E-state index < -0.39 is 5.97 Å². The van der Waals surface area contributed by atoms with Crippen LogP contribution in [0, 0.1) is 17.2 Å².